The summed E-state index contributed by atoms with van der Waals surface area (Å²) in [5.74, 6) is 0.219. The third kappa shape index (κ3) is 4.90. The third-order valence-electron chi connectivity index (χ3n) is 5.44. The number of carbonyl (C=O) groups is 2. The van der Waals surface area contributed by atoms with E-state index in [1.54, 1.807) is 24.3 Å². The number of amides is 2. The smallest absolute Gasteiger partial charge is 0.255 e. The molecule has 3 aromatic carbocycles. The van der Waals surface area contributed by atoms with Crippen LogP contribution in [-0.2, 0) is 11.2 Å². The van der Waals surface area contributed by atoms with Crippen LogP contribution in [0.2, 0.25) is 5.02 Å². The van der Waals surface area contributed by atoms with Gasteiger partial charge in [-0.25, -0.2) is 4.98 Å². The number of rotatable bonds is 5. The van der Waals surface area contributed by atoms with Crippen LogP contribution < -0.4 is 10.2 Å². The van der Waals surface area contributed by atoms with Gasteiger partial charge in [-0.3, -0.25) is 9.59 Å². The standard InChI is InChI=1S/C25H20ClN3O2S2/c26-18-8-3-6-17(13-18)24(31)27-19-10-11-20-22(14-19)33-25(28-20)32-15-23(30)29-12-4-7-16-5-1-2-9-21(16)29/h1-3,5-6,8-11,13-14H,4,7,12,15H2,(H,27,31). The Morgan fingerprint density at radius 1 is 1.09 bits per heavy atom. The minimum atomic E-state index is -0.219. The predicted molar refractivity (Wildman–Crippen MR) is 137 cm³/mol. The molecular weight excluding hydrogens is 474 g/mol. The number of hydrogen-bond donors (Lipinski definition) is 1. The number of para-hydroxylation sites is 1. The van der Waals surface area contributed by atoms with Crippen LogP contribution in [0.1, 0.15) is 22.3 Å². The van der Waals surface area contributed by atoms with Crippen molar-refractivity contribution in [2.24, 2.45) is 0 Å². The van der Waals surface area contributed by atoms with Gasteiger partial charge < -0.3 is 10.2 Å². The van der Waals surface area contributed by atoms with E-state index in [-0.39, 0.29) is 11.8 Å². The van der Waals surface area contributed by atoms with Crippen molar-refractivity contribution >= 4 is 68.1 Å². The van der Waals surface area contributed by atoms with Gasteiger partial charge in [0, 0.05) is 28.5 Å². The van der Waals surface area contributed by atoms with Gasteiger partial charge in [-0.15, -0.1) is 11.3 Å². The van der Waals surface area contributed by atoms with E-state index in [0.717, 1.165) is 39.6 Å². The molecule has 166 valence electrons. The number of benzene rings is 3. The Hall–Kier alpha value is -2.87. The maximum atomic E-state index is 12.9. The fourth-order valence-electron chi connectivity index (χ4n) is 3.87. The number of aromatic nitrogens is 1. The number of carbonyl (C=O) groups excluding carboxylic acids is 2. The normalized spacial score (nSPS) is 13.1. The predicted octanol–water partition coefficient (Wildman–Crippen LogP) is 6.27. The number of aryl methyl sites for hydroxylation is 1. The van der Waals surface area contributed by atoms with E-state index >= 15 is 0 Å². The summed E-state index contributed by atoms with van der Waals surface area (Å²) >= 11 is 8.96. The van der Waals surface area contributed by atoms with Crippen molar-refractivity contribution in [3.05, 3.63) is 82.9 Å². The van der Waals surface area contributed by atoms with Gasteiger partial charge in [-0.05, 0) is 60.9 Å². The highest BCUT2D eigenvalue weighted by Gasteiger charge is 2.22. The Labute approximate surface area is 204 Å². The minimum absolute atomic E-state index is 0.0980. The second-order valence-corrected chi connectivity index (χ2v) is 10.4. The molecule has 0 spiro atoms. The minimum Gasteiger partial charge on any atom is -0.322 e. The highest BCUT2D eigenvalue weighted by atomic mass is 35.5. The molecule has 1 aliphatic rings. The number of thioether (sulfide) groups is 1. The van der Waals surface area contributed by atoms with Gasteiger partial charge in [0.15, 0.2) is 4.34 Å². The number of hydrogen-bond acceptors (Lipinski definition) is 5. The van der Waals surface area contributed by atoms with E-state index in [9.17, 15) is 9.59 Å². The van der Waals surface area contributed by atoms with Crippen molar-refractivity contribution in [2.45, 2.75) is 17.2 Å². The Kier molecular flexibility index (Phi) is 6.35. The van der Waals surface area contributed by atoms with Gasteiger partial charge in [-0.1, -0.05) is 47.6 Å². The van der Waals surface area contributed by atoms with Crippen LogP contribution in [0.15, 0.2) is 71.1 Å². The lowest BCUT2D eigenvalue weighted by Crippen LogP contribution is -2.36. The third-order valence-corrected chi connectivity index (χ3v) is 7.82. The molecule has 0 saturated carbocycles. The number of anilines is 2. The van der Waals surface area contributed by atoms with Crippen LogP contribution in [0.25, 0.3) is 10.2 Å². The van der Waals surface area contributed by atoms with Gasteiger partial charge in [-0.2, -0.15) is 0 Å². The highest BCUT2D eigenvalue weighted by molar-refractivity contribution is 8.01. The van der Waals surface area contributed by atoms with Crippen molar-refractivity contribution < 1.29 is 9.59 Å². The Balaban J connectivity index is 1.26. The lowest BCUT2D eigenvalue weighted by molar-refractivity contribution is -0.116. The summed E-state index contributed by atoms with van der Waals surface area (Å²) in [5, 5.41) is 3.42. The molecule has 1 aromatic heterocycles. The fourth-order valence-corrected chi connectivity index (χ4v) is 6.04. The first-order valence-electron chi connectivity index (χ1n) is 10.6. The van der Waals surface area contributed by atoms with Crippen molar-refractivity contribution in [3.63, 3.8) is 0 Å². The molecule has 0 aliphatic carbocycles. The molecule has 5 nitrogen and oxygen atoms in total. The average Bonchev–Trinajstić information content (AvgIpc) is 3.24. The topological polar surface area (TPSA) is 62.3 Å². The SMILES string of the molecule is O=C(Nc1ccc2nc(SCC(=O)N3CCCc4ccccc43)sc2c1)c1cccc(Cl)c1. The number of nitrogens with zero attached hydrogens (tertiary/aromatic N) is 2. The second-order valence-electron chi connectivity index (χ2n) is 7.69. The molecule has 33 heavy (non-hydrogen) atoms. The molecule has 0 atom stereocenters. The maximum Gasteiger partial charge on any atom is 0.255 e. The van der Waals surface area contributed by atoms with Gasteiger partial charge in [0.2, 0.25) is 5.91 Å². The molecule has 1 aliphatic heterocycles. The zero-order chi connectivity index (χ0) is 22.8. The molecule has 5 rings (SSSR count). The molecule has 1 N–H and O–H groups in total. The quantitative estimate of drug-likeness (QED) is 0.333. The van der Waals surface area contributed by atoms with Crippen LogP contribution in [0.4, 0.5) is 11.4 Å². The second kappa shape index (κ2) is 9.55. The highest BCUT2D eigenvalue weighted by Crippen LogP contribution is 2.33. The zero-order valence-electron chi connectivity index (χ0n) is 17.6. The molecular formula is C25H20ClN3O2S2. The maximum absolute atomic E-state index is 12.9. The van der Waals surface area contributed by atoms with E-state index in [1.807, 2.05) is 41.3 Å². The van der Waals surface area contributed by atoms with Crippen LogP contribution in [0.3, 0.4) is 0 Å². The van der Waals surface area contributed by atoms with Crippen molar-refractivity contribution in [1.29, 1.82) is 0 Å². The number of nitrogens with one attached hydrogen (secondary N) is 1. The Morgan fingerprint density at radius 3 is 2.85 bits per heavy atom. The largest absolute Gasteiger partial charge is 0.322 e. The number of fused-ring (bicyclic) bond motifs is 2. The lowest BCUT2D eigenvalue weighted by Gasteiger charge is -2.29. The van der Waals surface area contributed by atoms with E-state index < -0.39 is 0 Å². The van der Waals surface area contributed by atoms with Crippen molar-refractivity contribution in [3.8, 4) is 0 Å². The summed E-state index contributed by atoms with van der Waals surface area (Å²) < 4.78 is 1.79. The molecule has 0 radical (unpaired) electrons. The van der Waals surface area contributed by atoms with Crippen LogP contribution in [-0.4, -0.2) is 29.1 Å². The van der Waals surface area contributed by atoms with E-state index in [4.69, 9.17) is 11.6 Å². The monoisotopic (exact) mass is 493 g/mol. The molecule has 0 saturated heterocycles. The molecule has 2 amide bonds. The summed E-state index contributed by atoms with van der Waals surface area (Å²) in [6.45, 7) is 0.756. The van der Waals surface area contributed by atoms with E-state index in [0.29, 0.717) is 22.0 Å². The van der Waals surface area contributed by atoms with Gasteiger partial charge in [0.25, 0.3) is 5.91 Å². The molecule has 4 aromatic rings. The summed E-state index contributed by atoms with van der Waals surface area (Å²) in [6, 6.07) is 20.6. The first kappa shape index (κ1) is 21.9. The fraction of sp³-hybridized carbons (Fsp3) is 0.160. The van der Waals surface area contributed by atoms with Gasteiger partial charge in [0.05, 0.1) is 16.0 Å². The van der Waals surface area contributed by atoms with E-state index in [2.05, 4.69) is 16.4 Å². The van der Waals surface area contributed by atoms with E-state index in [1.165, 1.54) is 28.7 Å². The molecule has 0 bridgehead atoms. The number of halogens is 1. The average molecular weight is 494 g/mol. The molecule has 0 unspecified atom stereocenters. The number of thiazole rings is 1. The van der Waals surface area contributed by atoms with Crippen LogP contribution in [0.5, 0.6) is 0 Å². The Morgan fingerprint density at radius 2 is 1.97 bits per heavy atom. The first-order chi connectivity index (χ1) is 16.1. The molecule has 2 heterocycles. The van der Waals surface area contributed by atoms with Crippen molar-refractivity contribution in [2.75, 3.05) is 22.5 Å². The first-order valence-corrected chi connectivity index (χ1v) is 12.7. The van der Waals surface area contributed by atoms with Crippen LogP contribution in [0, 0.1) is 0 Å². The van der Waals surface area contributed by atoms with Crippen LogP contribution >= 0.6 is 34.7 Å². The van der Waals surface area contributed by atoms with Crippen molar-refractivity contribution in [1.82, 2.24) is 4.98 Å². The summed E-state index contributed by atoms with van der Waals surface area (Å²) in [6.07, 6.45) is 2.00. The van der Waals surface area contributed by atoms with Gasteiger partial charge in [0.1, 0.15) is 0 Å². The summed E-state index contributed by atoms with van der Waals surface area (Å²) in [4.78, 5) is 31.9. The lowest BCUT2D eigenvalue weighted by atomic mass is 10.0. The molecule has 0 fully saturated rings. The Bertz CT molecular complexity index is 1350. The zero-order valence-corrected chi connectivity index (χ0v) is 20.0. The summed E-state index contributed by atoms with van der Waals surface area (Å²) in [7, 11) is 0. The van der Waals surface area contributed by atoms with Gasteiger partial charge >= 0.3 is 0 Å². The molecule has 8 heteroatoms. The summed E-state index contributed by atoms with van der Waals surface area (Å²) in [5.41, 5.74) is 4.29.